The molecule has 0 amide bonds. The lowest BCUT2D eigenvalue weighted by Crippen LogP contribution is -2.51. The van der Waals surface area contributed by atoms with Gasteiger partial charge in [0.05, 0.1) is 10.6 Å². The molecule has 0 bridgehead atoms. The second kappa shape index (κ2) is 4.16. The molecule has 3 rings (SSSR count). The van der Waals surface area contributed by atoms with E-state index in [0.717, 1.165) is 19.3 Å². The Balaban J connectivity index is 1.90. The van der Waals surface area contributed by atoms with Gasteiger partial charge < -0.3 is 11.1 Å². The van der Waals surface area contributed by atoms with Crippen LogP contribution in [-0.2, 0) is 0 Å². The third-order valence-electron chi connectivity index (χ3n) is 3.57. The molecule has 0 aliphatic heterocycles. The second-order valence-electron chi connectivity index (χ2n) is 4.92. The lowest BCUT2D eigenvalue weighted by molar-refractivity contribution is -0.383. The summed E-state index contributed by atoms with van der Waals surface area (Å²) in [5.74, 6) is 0. The Labute approximate surface area is 108 Å². The van der Waals surface area contributed by atoms with Crippen LogP contribution in [0.25, 0.3) is 11.0 Å². The molecule has 8 heteroatoms. The molecular formula is C11H13N5O3. The number of non-ortho nitro benzene ring substituents is 1. The van der Waals surface area contributed by atoms with Gasteiger partial charge in [-0.15, -0.1) is 0 Å². The van der Waals surface area contributed by atoms with Crippen molar-refractivity contribution in [3.05, 3.63) is 22.2 Å². The maximum Gasteiger partial charge on any atom is 0.300 e. The van der Waals surface area contributed by atoms with Crippen molar-refractivity contribution < 1.29 is 9.55 Å². The topological polar surface area (TPSA) is 120 Å². The zero-order valence-corrected chi connectivity index (χ0v) is 10.1. The van der Waals surface area contributed by atoms with Gasteiger partial charge in [-0.2, -0.15) is 0 Å². The van der Waals surface area contributed by atoms with Gasteiger partial charge in [0, 0.05) is 18.2 Å². The van der Waals surface area contributed by atoms with Crippen molar-refractivity contribution in [1.82, 2.24) is 10.3 Å². The van der Waals surface area contributed by atoms with Crippen LogP contribution in [0.15, 0.2) is 16.8 Å². The highest BCUT2D eigenvalue weighted by Crippen LogP contribution is 2.32. The predicted molar refractivity (Wildman–Crippen MR) is 67.7 cm³/mol. The van der Waals surface area contributed by atoms with Crippen molar-refractivity contribution >= 4 is 22.4 Å². The van der Waals surface area contributed by atoms with Crippen LogP contribution in [-0.4, -0.2) is 27.3 Å². The van der Waals surface area contributed by atoms with E-state index in [1.165, 1.54) is 6.07 Å². The van der Waals surface area contributed by atoms with Gasteiger partial charge in [0.1, 0.15) is 0 Å². The number of rotatable bonds is 4. The summed E-state index contributed by atoms with van der Waals surface area (Å²) in [7, 11) is 0. The molecule has 1 saturated carbocycles. The first kappa shape index (κ1) is 11.8. The van der Waals surface area contributed by atoms with Crippen LogP contribution in [0.2, 0.25) is 0 Å². The Morgan fingerprint density at radius 2 is 2.16 bits per heavy atom. The molecule has 0 saturated heterocycles. The van der Waals surface area contributed by atoms with Crippen molar-refractivity contribution in [1.29, 1.82) is 0 Å². The summed E-state index contributed by atoms with van der Waals surface area (Å²) in [6, 6.07) is 2.99. The molecule has 1 heterocycles. The van der Waals surface area contributed by atoms with Crippen molar-refractivity contribution in [3.63, 3.8) is 0 Å². The number of nitrogens with two attached hydrogens (primary N) is 1. The highest BCUT2D eigenvalue weighted by atomic mass is 16.6. The third-order valence-corrected chi connectivity index (χ3v) is 3.57. The fourth-order valence-electron chi connectivity index (χ4n) is 2.22. The largest absolute Gasteiger partial charge is 0.381 e. The summed E-state index contributed by atoms with van der Waals surface area (Å²) >= 11 is 0. The van der Waals surface area contributed by atoms with Crippen LogP contribution in [0.1, 0.15) is 19.3 Å². The number of hydrogen-bond acceptors (Lipinski definition) is 7. The molecule has 0 atom stereocenters. The first-order valence-electron chi connectivity index (χ1n) is 6.01. The molecule has 1 aromatic carbocycles. The van der Waals surface area contributed by atoms with Crippen LogP contribution in [0, 0.1) is 10.1 Å². The number of benzene rings is 1. The molecule has 8 nitrogen and oxygen atoms in total. The molecule has 0 unspecified atom stereocenters. The number of nitrogens with one attached hydrogen (secondary N) is 1. The smallest absolute Gasteiger partial charge is 0.300 e. The zero-order valence-electron chi connectivity index (χ0n) is 10.1. The summed E-state index contributed by atoms with van der Waals surface area (Å²) in [5.41, 5.74) is 6.97. The fraction of sp³-hybridized carbons (Fsp3) is 0.455. The predicted octanol–water partition coefficient (Wildman–Crippen LogP) is 1.42. The van der Waals surface area contributed by atoms with Crippen molar-refractivity contribution in [2.24, 2.45) is 5.73 Å². The van der Waals surface area contributed by atoms with E-state index in [9.17, 15) is 10.1 Å². The maximum atomic E-state index is 10.9. The zero-order chi connectivity index (χ0) is 13.5. The molecule has 2 aromatic rings. The lowest BCUT2D eigenvalue weighted by atomic mass is 9.78. The molecule has 1 aliphatic carbocycles. The standard InChI is InChI=1S/C11H13N5O3/c12-11(4-1-5-11)6-13-7-2-3-8(16(17)18)10-9(7)14-19-15-10/h2-3,13H,1,4-6,12H2. The number of aromatic nitrogens is 2. The van der Waals surface area contributed by atoms with Crippen molar-refractivity contribution in [2.45, 2.75) is 24.8 Å². The van der Waals surface area contributed by atoms with Gasteiger partial charge in [-0.05, 0) is 35.6 Å². The van der Waals surface area contributed by atoms with E-state index in [0.29, 0.717) is 17.7 Å². The van der Waals surface area contributed by atoms with Gasteiger partial charge in [-0.3, -0.25) is 10.1 Å². The number of nitro benzene ring substituents is 1. The van der Waals surface area contributed by atoms with Crippen LogP contribution in [0.3, 0.4) is 0 Å². The van der Waals surface area contributed by atoms with Crippen LogP contribution in [0.5, 0.6) is 0 Å². The minimum atomic E-state index is -0.507. The van der Waals surface area contributed by atoms with Crippen molar-refractivity contribution in [3.8, 4) is 0 Å². The number of anilines is 1. The Morgan fingerprint density at radius 3 is 2.79 bits per heavy atom. The highest BCUT2D eigenvalue weighted by Gasteiger charge is 2.32. The van der Waals surface area contributed by atoms with E-state index in [2.05, 4.69) is 20.3 Å². The maximum absolute atomic E-state index is 10.9. The molecule has 100 valence electrons. The molecule has 19 heavy (non-hydrogen) atoms. The summed E-state index contributed by atoms with van der Waals surface area (Å²) in [5, 5.41) is 21.3. The van der Waals surface area contributed by atoms with Gasteiger partial charge >= 0.3 is 5.69 Å². The van der Waals surface area contributed by atoms with Crippen molar-refractivity contribution in [2.75, 3.05) is 11.9 Å². The minimum absolute atomic E-state index is 0.118. The lowest BCUT2D eigenvalue weighted by Gasteiger charge is -2.38. The fourth-order valence-corrected chi connectivity index (χ4v) is 2.22. The quantitative estimate of drug-likeness (QED) is 0.632. The molecular weight excluding hydrogens is 250 g/mol. The molecule has 1 aromatic heterocycles. The van der Waals surface area contributed by atoms with E-state index in [1.807, 2.05) is 0 Å². The molecule has 1 aliphatic rings. The monoisotopic (exact) mass is 263 g/mol. The summed E-state index contributed by atoms with van der Waals surface area (Å²) < 4.78 is 4.59. The van der Waals surface area contributed by atoms with Crippen LogP contribution < -0.4 is 11.1 Å². The van der Waals surface area contributed by atoms with Gasteiger partial charge in [-0.1, -0.05) is 0 Å². The first-order valence-corrected chi connectivity index (χ1v) is 6.01. The van der Waals surface area contributed by atoms with Gasteiger partial charge in [0.25, 0.3) is 0 Å². The van der Waals surface area contributed by atoms with E-state index in [1.54, 1.807) is 6.07 Å². The van der Waals surface area contributed by atoms with Crippen LogP contribution >= 0.6 is 0 Å². The average Bonchev–Trinajstić information content (AvgIpc) is 2.82. The molecule has 0 spiro atoms. The normalized spacial score (nSPS) is 17.1. The Kier molecular flexibility index (Phi) is 2.59. The highest BCUT2D eigenvalue weighted by molar-refractivity contribution is 5.93. The number of nitro groups is 1. The number of hydrogen-bond donors (Lipinski definition) is 2. The summed E-state index contributed by atoms with van der Waals surface area (Å²) in [6.07, 6.45) is 3.10. The first-order chi connectivity index (χ1) is 9.09. The molecule has 1 fully saturated rings. The summed E-state index contributed by atoms with van der Waals surface area (Å²) in [4.78, 5) is 10.3. The Morgan fingerprint density at radius 1 is 1.42 bits per heavy atom. The summed E-state index contributed by atoms with van der Waals surface area (Å²) in [6.45, 7) is 0.604. The Hall–Kier alpha value is -2.22. The molecule has 0 radical (unpaired) electrons. The Bertz CT molecular complexity index is 634. The number of fused-ring (bicyclic) bond motifs is 1. The SMILES string of the molecule is NC1(CNc2ccc([N+](=O)[O-])c3nonc23)CCC1. The van der Waals surface area contributed by atoms with E-state index < -0.39 is 4.92 Å². The molecule has 3 N–H and O–H groups in total. The van der Waals surface area contributed by atoms with Gasteiger partial charge in [0.15, 0.2) is 5.52 Å². The van der Waals surface area contributed by atoms with E-state index in [-0.39, 0.29) is 16.7 Å². The van der Waals surface area contributed by atoms with Gasteiger partial charge in [-0.25, -0.2) is 4.63 Å². The average molecular weight is 263 g/mol. The third kappa shape index (κ3) is 1.99. The number of nitrogens with zero attached hydrogens (tertiary/aromatic N) is 3. The van der Waals surface area contributed by atoms with E-state index >= 15 is 0 Å². The minimum Gasteiger partial charge on any atom is -0.381 e. The van der Waals surface area contributed by atoms with E-state index in [4.69, 9.17) is 5.73 Å². The van der Waals surface area contributed by atoms with Crippen LogP contribution in [0.4, 0.5) is 11.4 Å². The van der Waals surface area contributed by atoms with Gasteiger partial charge in [0.2, 0.25) is 5.52 Å². The second-order valence-corrected chi connectivity index (χ2v) is 4.92.